The van der Waals surface area contributed by atoms with Gasteiger partial charge in [-0.2, -0.15) is 11.3 Å². The minimum atomic E-state index is -1.11. The topological polar surface area (TPSA) is 77.5 Å². The van der Waals surface area contributed by atoms with Gasteiger partial charge in [0.25, 0.3) is 0 Å². The minimum absolute atomic E-state index is 0.0499. The number of thiophene rings is 1. The van der Waals surface area contributed by atoms with Crippen molar-refractivity contribution >= 4 is 46.4 Å². The van der Waals surface area contributed by atoms with Crippen LogP contribution in [0.2, 0.25) is 5.02 Å². The highest BCUT2D eigenvalue weighted by Crippen LogP contribution is 2.41. The number of ketones is 1. The van der Waals surface area contributed by atoms with Crippen LogP contribution >= 0.6 is 34.7 Å². The molecule has 3 heterocycles. The molecule has 6 nitrogen and oxygen atoms in total. The number of pyridine rings is 1. The number of ether oxygens (including phenoxy) is 2. The van der Waals surface area contributed by atoms with Gasteiger partial charge in [-0.05, 0) is 46.7 Å². The third kappa shape index (κ3) is 5.29. The number of halogens is 1. The van der Waals surface area contributed by atoms with Gasteiger partial charge in [-0.25, -0.2) is 4.98 Å². The monoisotopic (exact) mass is 550 g/mol. The Bertz CT molecular complexity index is 1410. The number of carbonyl (C=O) groups excluding carboxylic acids is 2. The van der Waals surface area contributed by atoms with Gasteiger partial charge in [-0.1, -0.05) is 48.0 Å². The fraction of sp³-hybridized carbons (Fsp3) is 0.179. The molecule has 0 spiro atoms. The molecule has 2 atom stereocenters. The fourth-order valence-corrected chi connectivity index (χ4v) is 6.26. The normalized spacial score (nSPS) is 19.5. The molecular weight excluding hydrogens is 528 g/mol. The summed E-state index contributed by atoms with van der Waals surface area (Å²) in [6.07, 6.45) is 0.0499. The molecule has 0 saturated carbocycles. The number of rotatable bonds is 8. The van der Waals surface area contributed by atoms with Crippen LogP contribution in [0.4, 0.5) is 0 Å². The highest BCUT2D eigenvalue weighted by Gasteiger charge is 2.48. The van der Waals surface area contributed by atoms with E-state index in [1.807, 2.05) is 59.3 Å². The van der Waals surface area contributed by atoms with Crippen molar-refractivity contribution in [3.63, 3.8) is 0 Å². The number of nitrogens with one attached hydrogen (secondary N) is 1. The van der Waals surface area contributed by atoms with Gasteiger partial charge in [0, 0.05) is 30.1 Å². The zero-order valence-corrected chi connectivity index (χ0v) is 22.2. The van der Waals surface area contributed by atoms with Crippen LogP contribution in [0.3, 0.4) is 0 Å². The maximum absolute atomic E-state index is 13.5. The maximum atomic E-state index is 13.5. The number of benzene rings is 2. The zero-order chi connectivity index (χ0) is 25.8. The number of Topliss-reactive ketones (excluding diaryl/α,β-unsaturated/α-hetero) is 1. The van der Waals surface area contributed by atoms with E-state index in [1.165, 1.54) is 11.3 Å². The van der Waals surface area contributed by atoms with E-state index in [4.69, 9.17) is 26.1 Å². The standard InChI is InChI=1S/C28H23ClN2O4S2/c1-34-16-18-7-2-4-9-22(18)35-25-12-6-11-24(30-25)28(19-13-14-36-17-19)15-21(32)26(27(33)31-28)37-23-10-5-3-8-20(23)29/h2-14,17,26H,15-16H2,1H3,(H,31,33). The van der Waals surface area contributed by atoms with Crippen LogP contribution in [0.25, 0.3) is 0 Å². The predicted molar refractivity (Wildman–Crippen MR) is 145 cm³/mol. The summed E-state index contributed by atoms with van der Waals surface area (Å²) in [6, 6.07) is 22.0. The van der Waals surface area contributed by atoms with Crippen molar-refractivity contribution in [3.8, 4) is 11.6 Å². The van der Waals surface area contributed by atoms with Crippen LogP contribution in [-0.2, 0) is 26.5 Å². The molecule has 1 N–H and O–H groups in total. The molecular formula is C28H23ClN2O4S2. The minimum Gasteiger partial charge on any atom is -0.439 e. The fourth-order valence-electron chi connectivity index (χ4n) is 4.29. The predicted octanol–water partition coefficient (Wildman–Crippen LogP) is 6.23. The number of piperidine rings is 1. The first kappa shape index (κ1) is 25.5. The van der Waals surface area contributed by atoms with Crippen molar-refractivity contribution < 1.29 is 19.1 Å². The van der Waals surface area contributed by atoms with Gasteiger partial charge in [0.1, 0.15) is 16.5 Å². The van der Waals surface area contributed by atoms with Crippen molar-refractivity contribution in [1.29, 1.82) is 0 Å². The number of methoxy groups -OCH3 is 1. The van der Waals surface area contributed by atoms with Gasteiger partial charge in [0.15, 0.2) is 5.78 Å². The Morgan fingerprint density at radius 1 is 1.08 bits per heavy atom. The molecule has 1 amide bonds. The van der Waals surface area contributed by atoms with Gasteiger partial charge in [-0.3, -0.25) is 9.59 Å². The van der Waals surface area contributed by atoms with Crippen molar-refractivity contribution in [3.05, 3.63) is 105 Å². The molecule has 37 heavy (non-hydrogen) atoms. The molecule has 0 radical (unpaired) electrons. The highest BCUT2D eigenvalue weighted by molar-refractivity contribution is 8.01. The Balaban J connectivity index is 1.48. The Kier molecular flexibility index (Phi) is 7.62. The smallest absolute Gasteiger partial charge is 0.242 e. The Morgan fingerprint density at radius 2 is 1.89 bits per heavy atom. The van der Waals surface area contributed by atoms with E-state index >= 15 is 0 Å². The first-order valence-corrected chi connectivity index (χ1v) is 13.7. The molecule has 4 aromatic rings. The second-order valence-corrected chi connectivity index (χ2v) is 10.8. The number of hydrogen-bond donors (Lipinski definition) is 1. The summed E-state index contributed by atoms with van der Waals surface area (Å²) in [5.41, 5.74) is 1.09. The average Bonchev–Trinajstić information content (AvgIpc) is 3.44. The average molecular weight is 551 g/mol. The number of thioether (sulfide) groups is 1. The van der Waals surface area contributed by atoms with Crippen molar-refractivity contribution in [2.24, 2.45) is 0 Å². The van der Waals surface area contributed by atoms with E-state index in [9.17, 15) is 9.59 Å². The number of amides is 1. The third-order valence-electron chi connectivity index (χ3n) is 6.05. The quantitative estimate of drug-likeness (QED) is 0.262. The van der Waals surface area contributed by atoms with Gasteiger partial charge >= 0.3 is 0 Å². The first-order chi connectivity index (χ1) is 18.0. The Labute approximate surface area is 228 Å². The number of nitrogens with zero attached hydrogens (tertiary/aromatic N) is 1. The van der Waals surface area contributed by atoms with E-state index in [-0.39, 0.29) is 18.1 Å². The molecule has 2 aromatic carbocycles. The van der Waals surface area contributed by atoms with Gasteiger partial charge in [-0.15, -0.1) is 11.8 Å². The summed E-state index contributed by atoms with van der Waals surface area (Å²) in [4.78, 5) is 32.4. The summed E-state index contributed by atoms with van der Waals surface area (Å²) in [7, 11) is 1.63. The largest absolute Gasteiger partial charge is 0.439 e. The second-order valence-electron chi connectivity index (χ2n) is 8.48. The zero-order valence-electron chi connectivity index (χ0n) is 19.8. The molecule has 2 unspecified atom stereocenters. The van der Waals surface area contributed by atoms with Crippen LogP contribution in [-0.4, -0.2) is 29.0 Å². The van der Waals surface area contributed by atoms with Crippen LogP contribution in [0.1, 0.15) is 23.2 Å². The van der Waals surface area contributed by atoms with Crippen LogP contribution in [0.15, 0.2) is 88.5 Å². The summed E-state index contributed by atoms with van der Waals surface area (Å²) >= 11 is 8.95. The molecule has 5 rings (SSSR count). The lowest BCUT2D eigenvalue weighted by Gasteiger charge is -2.39. The lowest BCUT2D eigenvalue weighted by molar-refractivity contribution is -0.133. The van der Waals surface area contributed by atoms with Gasteiger partial charge < -0.3 is 14.8 Å². The van der Waals surface area contributed by atoms with Gasteiger partial charge in [0.2, 0.25) is 11.8 Å². The van der Waals surface area contributed by atoms with E-state index in [1.54, 1.807) is 31.4 Å². The molecule has 1 saturated heterocycles. The lowest BCUT2D eigenvalue weighted by atomic mass is 9.79. The van der Waals surface area contributed by atoms with Crippen LogP contribution < -0.4 is 10.1 Å². The highest BCUT2D eigenvalue weighted by atomic mass is 35.5. The molecule has 0 bridgehead atoms. The van der Waals surface area contributed by atoms with Crippen molar-refractivity contribution in [2.45, 2.75) is 28.7 Å². The third-order valence-corrected chi connectivity index (χ3v) is 8.50. The number of para-hydroxylation sites is 1. The van der Waals surface area contributed by atoms with E-state index in [0.717, 1.165) is 22.9 Å². The summed E-state index contributed by atoms with van der Waals surface area (Å²) in [6.45, 7) is 0.393. The number of aromatic nitrogens is 1. The lowest BCUT2D eigenvalue weighted by Crippen LogP contribution is -2.58. The summed E-state index contributed by atoms with van der Waals surface area (Å²) in [5, 5.41) is 6.57. The van der Waals surface area contributed by atoms with E-state index in [2.05, 4.69) is 5.32 Å². The summed E-state index contributed by atoms with van der Waals surface area (Å²) < 4.78 is 11.4. The number of hydrogen-bond acceptors (Lipinski definition) is 7. The Hall–Kier alpha value is -3.17. The summed E-state index contributed by atoms with van der Waals surface area (Å²) in [5.74, 6) is 0.396. The second kappa shape index (κ2) is 11.1. The molecule has 188 valence electrons. The SMILES string of the molecule is COCc1ccccc1Oc1cccc(C2(c3ccsc3)CC(=O)C(Sc3ccccc3Cl)C(=O)N2)n1. The molecule has 1 fully saturated rings. The van der Waals surface area contributed by atoms with Crippen LogP contribution in [0.5, 0.6) is 11.6 Å². The molecule has 2 aromatic heterocycles. The molecule has 0 aliphatic carbocycles. The number of carbonyl (C=O) groups is 2. The molecule has 1 aliphatic rings. The Morgan fingerprint density at radius 3 is 2.65 bits per heavy atom. The first-order valence-electron chi connectivity index (χ1n) is 11.5. The van der Waals surface area contributed by atoms with Gasteiger partial charge in [0.05, 0.1) is 17.3 Å². The maximum Gasteiger partial charge on any atom is 0.242 e. The molecule has 1 aliphatic heterocycles. The van der Waals surface area contributed by atoms with Crippen LogP contribution in [0, 0.1) is 0 Å². The van der Waals surface area contributed by atoms with E-state index in [0.29, 0.717) is 33.8 Å². The molecule has 9 heteroatoms. The van der Waals surface area contributed by atoms with Crippen molar-refractivity contribution in [2.75, 3.05) is 7.11 Å². The van der Waals surface area contributed by atoms with E-state index < -0.39 is 10.8 Å². The van der Waals surface area contributed by atoms with Crippen molar-refractivity contribution in [1.82, 2.24) is 10.3 Å².